The van der Waals surface area contributed by atoms with E-state index in [0.717, 1.165) is 109 Å². The van der Waals surface area contributed by atoms with E-state index < -0.39 is 12.1 Å². The second-order valence-electron chi connectivity index (χ2n) is 17.6. The minimum absolute atomic E-state index is 0.0794. The number of carbonyl (C=O) groups is 1. The summed E-state index contributed by atoms with van der Waals surface area (Å²) in [6.07, 6.45) is 88.1. The van der Waals surface area contributed by atoms with Gasteiger partial charge in [-0.05, 0) is 103 Å². The molecule has 0 heterocycles. The molecule has 0 spiro atoms. The van der Waals surface area contributed by atoms with E-state index in [1.54, 1.807) is 0 Å². The molecule has 0 radical (unpaired) electrons. The average molecular weight is 908 g/mol. The second-order valence-corrected chi connectivity index (χ2v) is 17.6. The van der Waals surface area contributed by atoms with E-state index in [4.69, 9.17) is 0 Å². The smallest absolute Gasteiger partial charge is 0.220 e. The minimum Gasteiger partial charge on any atom is -0.394 e. The zero-order chi connectivity index (χ0) is 47.7. The van der Waals surface area contributed by atoms with Crippen molar-refractivity contribution in [2.24, 2.45) is 0 Å². The summed E-state index contributed by atoms with van der Waals surface area (Å²) >= 11 is 0. The molecular weight excluding hydrogens is 807 g/mol. The first-order valence-corrected chi connectivity index (χ1v) is 27.0. The van der Waals surface area contributed by atoms with Crippen molar-refractivity contribution in [3.05, 3.63) is 146 Å². The molecule has 0 saturated heterocycles. The molecule has 2 unspecified atom stereocenters. The third kappa shape index (κ3) is 51.3. The molecule has 0 aromatic heterocycles. The van der Waals surface area contributed by atoms with Gasteiger partial charge in [-0.3, -0.25) is 4.79 Å². The Labute approximate surface area is 408 Å². The highest BCUT2D eigenvalue weighted by Crippen LogP contribution is 2.15. The predicted molar refractivity (Wildman–Crippen MR) is 294 cm³/mol. The van der Waals surface area contributed by atoms with Crippen LogP contribution in [0.2, 0.25) is 0 Å². The topological polar surface area (TPSA) is 69.6 Å². The van der Waals surface area contributed by atoms with Crippen LogP contribution < -0.4 is 5.32 Å². The van der Waals surface area contributed by atoms with Gasteiger partial charge in [0.2, 0.25) is 5.91 Å². The van der Waals surface area contributed by atoms with Gasteiger partial charge in [0.25, 0.3) is 0 Å². The molecular formula is C62H101NO3. The summed E-state index contributed by atoms with van der Waals surface area (Å²) in [5.41, 5.74) is 0. The molecule has 2 atom stereocenters. The second kappa shape index (κ2) is 55.6. The van der Waals surface area contributed by atoms with Gasteiger partial charge in [0.05, 0.1) is 18.8 Å². The molecule has 0 aliphatic rings. The maximum Gasteiger partial charge on any atom is 0.220 e. The molecule has 0 aromatic carbocycles. The Morgan fingerprint density at radius 2 is 0.667 bits per heavy atom. The Hall–Kier alpha value is -3.73. The molecule has 372 valence electrons. The summed E-state index contributed by atoms with van der Waals surface area (Å²) in [7, 11) is 0. The Balaban J connectivity index is 3.72. The van der Waals surface area contributed by atoms with Crippen LogP contribution in [0.5, 0.6) is 0 Å². The number of hydrogen-bond donors (Lipinski definition) is 3. The van der Waals surface area contributed by atoms with Gasteiger partial charge in [0.15, 0.2) is 0 Å². The monoisotopic (exact) mass is 908 g/mol. The number of carbonyl (C=O) groups excluding carboxylic acids is 1. The summed E-state index contributed by atoms with van der Waals surface area (Å²) in [6, 6.07) is -0.570. The summed E-state index contributed by atoms with van der Waals surface area (Å²) in [5, 5.41) is 23.2. The first-order chi connectivity index (χ1) is 32.7. The van der Waals surface area contributed by atoms with Gasteiger partial charge in [-0.2, -0.15) is 0 Å². The summed E-state index contributed by atoms with van der Waals surface area (Å²) in [4.78, 5) is 12.4. The van der Waals surface area contributed by atoms with Crippen molar-refractivity contribution in [1.29, 1.82) is 0 Å². The zero-order valence-electron chi connectivity index (χ0n) is 42.6. The number of aliphatic hydroxyl groups is 2. The number of rotatable bonds is 47. The lowest BCUT2D eigenvalue weighted by Gasteiger charge is -2.22. The first kappa shape index (κ1) is 62.3. The number of allylic oxidation sites excluding steroid dienone is 24. The Bertz CT molecular complexity index is 1400. The number of amides is 1. The van der Waals surface area contributed by atoms with Crippen LogP contribution in [0.15, 0.2) is 146 Å². The van der Waals surface area contributed by atoms with Crippen molar-refractivity contribution in [3.8, 4) is 0 Å². The van der Waals surface area contributed by atoms with E-state index in [9.17, 15) is 15.0 Å². The van der Waals surface area contributed by atoms with Crippen molar-refractivity contribution < 1.29 is 15.0 Å². The molecule has 3 N–H and O–H groups in total. The van der Waals surface area contributed by atoms with Crippen LogP contribution in [0.3, 0.4) is 0 Å². The summed E-state index contributed by atoms with van der Waals surface area (Å²) in [6.45, 7) is 4.22. The SMILES string of the molecule is CC/C=C\C/C=C\C/C=C\C/C=C\C/C=C\C/C=C\C/C=C\C/C=C\C/C=C\C/C=C\C/C=C\C/C=C\CCCCC(=O)NC(CO)C(O)CCCCCCCCCCCCCCCCC. The van der Waals surface area contributed by atoms with Crippen molar-refractivity contribution in [2.45, 2.75) is 231 Å². The lowest BCUT2D eigenvalue weighted by Crippen LogP contribution is -2.45. The van der Waals surface area contributed by atoms with E-state index in [1.165, 1.54) is 83.5 Å². The summed E-state index contributed by atoms with van der Waals surface area (Å²) in [5.74, 6) is -0.0794. The van der Waals surface area contributed by atoms with Crippen LogP contribution in [0, 0.1) is 0 Å². The van der Waals surface area contributed by atoms with E-state index in [0.29, 0.717) is 12.8 Å². The number of aliphatic hydroxyl groups excluding tert-OH is 2. The van der Waals surface area contributed by atoms with E-state index in [1.807, 2.05) is 0 Å². The zero-order valence-corrected chi connectivity index (χ0v) is 42.6. The van der Waals surface area contributed by atoms with E-state index in [2.05, 4.69) is 165 Å². The highest BCUT2D eigenvalue weighted by molar-refractivity contribution is 5.76. The van der Waals surface area contributed by atoms with Crippen LogP contribution in [-0.2, 0) is 4.79 Å². The van der Waals surface area contributed by atoms with Crippen LogP contribution in [-0.4, -0.2) is 34.9 Å². The molecule has 0 aliphatic heterocycles. The van der Waals surface area contributed by atoms with E-state index in [-0.39, 0.29) is 12.5 Å². The molecule has 0 aromatic rings. The van der Waals surface area contributed by atoms with Crippen LogP contribution in [0.25, 0.3) is 0 Å². The quantitative estimate of drug-likeness (QED) is 0.0421. The Kier molecular flexibility index (Phi) is 52.5. The fraction of sp³-hybridized carbons (Fsp3) is 0.597. The van der Waals surface area contributed by atoms with Gasteiger partial charge >= 0.3 is 0 Å². The minimum atomic E-state index is -0.688. The van der Waals surface area contributed by atoms with Gasteiger partial charge in [-0.15, -0.1) is 0 Å². The van der Waals surface area contributed by atoms with Gasteiger partial charge in [-0.1, -0.05) is 256 Å². The Morgan fingerprint density at radius 1 is 0.379 bits per heavy atom. The van der Waals surface area contributed by atoms with Crippen molar-refractivity contribution in [3.63, 3.8) is 0 Å². The van der Waals surface area contributed by atoms with Crippen molar-refractivity contribution in [2.75, 3.05) is 6.61 Å². The molecule has 4 nitrogen and oxygen atoms in total. The molecule has 0 bridgehead atoms. The molecule has 0 aliphatic carbocycles. The number of nitrogens with one attached hydrogen (secondary N) is 1. The summed E-state index contributed by atoms with van der Waals surface area (Å²) < 4.78 is 0. The molecule has 0 fully saturated rings. The van der Waals surface area contributed by atoms with Gasteiger partial charge in [-0.25, -0.2) is 0 Å². The first-order valence-electron chi connectivity index (χ1n) is 27.0. The lowest BCUT2D eigenvalue weighted by molar-refractivity contribution is -0.123. The number of hydrogen-bond acceptors (Lipinski definition) is 3. The van der Waals surface area contributed by atoms with Gasteiger partial charge in [0, 0.05) is 6.42 Å². The van der Waals surface area contributed by atoms with Crippen LogP contribution in [0.1, 0.15) is 219 Å². The molecule has 1 amide bonds. The third-order valence-corrected chi connectivity index (χ3v) is 11.4. The maximum atomic E-state index is 12.4. The third-order valence-electron chi connectivity index (χ3n) is 11.4. The fourth-order valence-corrected chi connectivity index (χ4v) is 7.28. The van der Waals surface area contributed by atoms with Crippen LogP contribution in [0.4, 0.5) is 0 Å². The number of unbranched alkanes of at least 4 members (excludes halogenated alkanes) is 16. The standard InChI is InChI=1S/C62H101NO3/c1-3-5-7-9-11-13-15-17-19-20-21-22-23-24-25-26-27-28-29-30-31-32-33-34-35-36-37-38-39-40-41-42-44-46-48-50-52-54-56-58-62(66)63-60(59-64)61(65)57-55-53-51-49-47-45-43-18-16-14-12-10-8-6-4-2/h5,7,11,13,17,19,21-22,24-25,27-28,30-31,33-34,36-37,39-40,42,44,48,50,60-61,64-65H,3-4,6,8-10,12,14-16,18,20,23,26,29,32,35,38,41,43,45-47,49,51-59H2,1-2H3,(H,63,66)/b7-5-,13-11-,19-17-,22-21-,25-24-,28-27-,31-30-,34-33-,37-36-,40-39-,44-42-,50-48-. The molecule has 0 saturated carbocycles. The lowest BCUT2D eigenvalue weighted by atomic mass is 10.0. The van der Waals surface area contributed by atoms with Crippen LogP contribution >= 0.6 is 0 Å². The fourth-order valence-electron chi connectivity index (χ4n) is 7.28. The maximum absolute atomic E-state index is 12.4. The molecule has 0 rings (SSSR count). The average Bonchev–Trinajstić information content (AvgIpc) is 3.32. The normalized spacial score (nSPS) is 14.1. The highest BCUT2D eigenvalue weighted by Gasteiger charge is 2.19. The predicted octanol–water partition coefficient (Wildman–Crippen LogP) is 18.0. The largest absolute Gasteiger partial charge is 0.394 e. The van der Waals surface area contributed by atoms with Gasteiger partial charge in [0.1, 0.15) is 0 Å². The Morgan fingerprint density at radius 3 is 0.970 bits per heavy atom. The molecule has 66 heavy (non-hydrogen) atoms. The van der Waals surface area contributed by atoms with E-state index >= 15 is 0 Å². The van der Waals surface area contributed by atoms with Crippen molar-refractivity contribution >= 4 is 5.91 Å². The van der Waals surface area contributed by atoms with Crippen molar-refractivity contribution in [1.82, 2.24) is 5.32 Å². The van der Waals surface area contributed by atoms with Gasteiger partial charge < -0.3 is 15.5 Å². The molecule has 4 heteroatoms. The highest BCUT2D eigenvalue weighted by atomic mass is 16.3.